The topological polar surface area (TPSA) is 36.3 Å². The molecule has 1 N–H and O–H groups in total. The molecule has 25 heavy (non-hydrogen) atoms. The van der Waals surface area contributed by atoms with E-state index in [1.54, 1.807) is 0 Å². The molecule has 0 aromatic carbocycles. The van der Waals surface area contributed by atoms with Crippen molar-refractivity contribution < 1.29 is 0 Å². The maximum Gasteiger partial charge on any atom is 0.0543 e. The average molecular weight is 346 g/mol. The average Bonchev–Trinajstić information content (AvgIpc) is 3.18. The molecule has 3 aliphatic rings. The lowest BCUT2D eigenvalue weighted by Gasteiger charge is -2.45. The van der Waals surface area contributed by atoms with Gasteiger partial charge in [0.1, 0.15) is 0 Å². The summed E-state index contributed by atoms with van der Waals surface area (Å²) in [5.74, 6) is 1.77. The highest BCUT2D eigenvalue weighted by Gasteiger charge is 2.33. The third-order valence-electron chi connectivity index (χ3n) is 6.83. The van der Waals surface area contributed by atoms with Crippen molar-refractivity contribution in [1.82, 2.24) is 24.9 Å². The molecule has 2 atom stereocenters. The quantitative estimate of drug-likeness (QED) is 0.908. The van der Waals surface area contributed by atoms with Gasteiger partial charge in [0.2, 0.25) is 0 Å². The summed E-state index contributed by atoms with van der Waals surface area (Å²) < 4.78 is 2.17. The normalized spacial score (nSPS) is 31.4. The number of nitrogens with one attached hydrogen (secondary N) is 1. The van der Waals surface area contributed by atoms with Gasteiger partial charge in [-0.1, -0.05) is 6.92 Å². The Bertz CT molecular complexity index is 500. The van der Waals surface area contributed by atoms with Crippen LogP contribution in [0.4, 0.5) is 0 Å². The first kappa shape index (κ1) is 17.5. The van der Waals surface area contributed by atoms with Crippen LogP contribution in [0.15, 0.2) is 18.5 Å². The molecule has 4 heterocycles. The van der Waals surface area contributed by atoms with Crippen molar-refractivity contribution in [3.63, 3.8) is 0 Å². The lowest BCUT2D eigenvalue weighted by molar-refractivity contribution is 0.0530. The van der Waals surface area contributed by atoms with E-state index in [1.165, 1.54) is 77.9 Å². The van der Waals surface area contributed by atoms with Crippen LogP contribution in [0.25, 0.3) is 0 Å². The molecule has 1 aromatic rings. The minimum atomic E-state index is 0.610. The molecule has 2 unspecified atom stereocenters. The van der Waals surface area contributed by atoms with Crippen LogP contribution in [0.5, 0.6) is 0 Å². The maximum absolute atomic E-state index is 4.44. The van der Waals surface area contributed by atoms with Crippen LogP contribution in [0.2, 0.25) is 0 Å². The molecule has 4 rings (SSSR count). The van der Waals surface area contributed by atoms with Gasteiger partial charge in [-0.25, -0.2) is 0 Å². The van der Waals surface area contributed by atoms with E-state index in [9.17, 15) is 0 Å². The number of rotatable bonds is 4. The maximum atomic E-state index is 4.44. The minimum Gasteiger partial charge on any atom is -0.315 e. The number of likely N-dealkylation sites (tertiary alicyclic amines) is 2. The van der Waals surface area contributed by atoms with E-state index in [-0.39, 0.29) is 0 Å². The highest BCUT2D eigenvalue weighted by Crippen LogP contribution is 2.27. The summed E-state index contributed by atoms with van der Waals surface area (Å²) in [6.07, 6.45) is 10.6. The van der Waals surface area contributed by atoms with Crippen molar-refractivity contribution in [1.29, 1.82) is 0 Å². The summed E-state index contributed by atoms with van der Waals surface area (Å²) in [6, 6.07) is 3.41. The summed E-state index contributed by atoms with van der Waals surface area (Å²) >= 11 is 0. The van der Waals surface area contributed by atoms with Gasteiger partial charge in [-0.3, -0.25) is 9.58 Å². The zero-order chi connectivity index (χ0) is 17.1. The fourth-order valence-electron chi connectivity index (χ4n) is 5.09. The molecule has 0 aliphatic carbocycles. The van der Waals surface area contributed by atoms with Crippen LogP contribution in [0.3, 0.4) is 0 Å². The first-order chi connectivity index (χ1) is 12.3. The standard InChI is InChI=1S/C20H35N5/c1-17-4-13-24(14-5-17)20-15-21-9-3-18(20)16-23-11-6-19(7-12-23)25-10-2-8-22-25/h2,8,10,17-21H,3-7,9,11-16H2,1H3. The molecule has 0 bridgehead atoms. The van der Waals surface area contributed by atoms with E-state index in [4.69, 9.17) is 0 Å². The van der Waals surface area contributed by atoms with Gasteiger partial charge in [0.25, 0.3) is 0 Å². The monoisotopic (exact) mass is 345 g/mol. The molecule has 0 saturated carbocycles. The zero-order valence-corrected chi connectivity index (χ0v) is 15.8. The Morgan fingerprint density at radius 1 is 1.04 bits per heavy atom. The number of hydrogen-bond acceptors (Lipinski definition) is 4. The molecule has 0 amide bonds. The van der Waals surface area contributed by atoms with Gasteiger partial charge in [0, 0.05) is 44.6 Å². The van der Waals surface area contributed by atoms with Gasteiger partial charge < -0.3 is 10.2 Å². The number of hydrogen-bond donors (Lipinski definition) is 1. The van der Waals surface area contributed by atoms with E-state index in [1.807, 2.05) is 12.3 Å². The van der Waals surface area contributed by atoms with Crippen LogP contribution in [-0.2, 0) is 0 Å². The van der Waals surface area contributed by atoms with Crippen molar-refractivity contribution in [3.8, 4) is 0 Å². The van der Waals surface area contributed by atoms with Gasteiger partial charge in [0.05, 0.1) is 6.04 Å². The molecule has 3 saturated heterocycles. The molecule has 5 nitrogen and oxygen atoms in total. The summed E-state index contributed by atoms with van der Waals surface area (Å²) in [6.45, 7) is 11.2. The van der Waals surface area contributed by atoms with Crippen molar-refractivity contribution in [2.24, 2.45) is 11.8 Å². The Morgan fingerprint density at radius 3 is 2.56 bits per heavy atom. The van der Waals surface area contributed by atoms with Gasteiger partial charge in [-0.05, 0) is 69.6 Å². The highest BCUT2D eigenvalue weighted by molar-refractivity contribution is 4.91. The van der Waals surface area contributed by atoms with Crippen molar-refractivity contribution in [3.05, 3.63) is 18.5 Å². The van der Waals surface area contributed by atoms with Crippen molar-refractivity contribution in [2.45, 2.75) is 51.1 Å². The van der Waals surface area contributed by atoms with Crippen LogP contribution in [0, 0.1) is 11.8 Å². The minimum absolute atomic E-state index is 0.610. The van der Waals surface area contributed by atoms with Crippen molar-refractivity contribution in [2.75, 3.05) is 45.8 Å². The van der Waals surface area contributed by atoms with Crippen LogP contribution >= 0.6 is 0 Å². The molecule has 5 heteroatoms. The van der Waals surface area contributed by atoms with E-state index in [0.29, 0.717) is 6.04 Å². The second kappa shape index (κ2) is 8.19. The van der Waals surface area contributed by atoms with E-state index < -0.39 is 0 Å². The second-order valence-corrected chi connectivity index (χ2v) is 8.56. The Labute approximate surface area is 152 Å². The smallest absolute Gasteiger partial charge is 0.0543 e. The van der Waals surface area contributed by atoms with E-state index >= 15 is 0 Å². The molecular formula is C20H35N5. The Morgan fingerprint density at radius 2 is 1.84 bits per heavy atom. The van der Waals surface area contributed by atoms with Gasteiger partial charge in [0.15, 0.2) is 0 Å². The summed E-state index contributed by atoms with van der Waals surface area (Å²) in [4.78, 5) is 5.53. The lowest BCUT2D eigenvalue weighted by Crippen LogP contribution is -2.56. The Balaban J connectivity index is 1.30. The van der Waals surface area contributed by atoms with Crippen molar-refractivity contribution >= 4 is 0 Å². The first-order valence-electron chi connectivity index (χ1n) is 10.5. The third-order valence-corrected chi connectivity index (χ3v) is 6.83. The molecule has 3 fully saturated rings. The summed E-state index contributed by atoms with van der Waals surface area (Å²) in [7, 11) is 0. The molecule has 140 valence electrons. The lowest BCUT2D eigenvalue weighted by atomic mass is 9.87. The number of piperidine rings is 3. The van der Waals surface area contributed by atoms with E-state index in [2.05, 4.69) is 38.0 Å². The van der Waals surface area contributed by atoms with Gasteiger partial charge in [-0.15, -0.1) is 0 Å². The zero-order valence-electron chi connectivity index (χ0n) is 15.8. The fourth-order valence-corrected chi connectivity index (χ4v) is 5.09. The number of aromatic nitrogens is 2. The molecule has 3 aliphatic heterocycles. The molecule has 0 radical (unpaired) electrons. The Hall–Kier alpha value is -0.910. The van der Waals surface area contributed by atoms with Crippen LogP contribution in [0.1, 0.15) is 45.1 Å². The predicted molar refractivity (Wildman–Crippen MR) is 102 cm³/mol. The highest BCUT2D eigenvalue weighted by atomic mass is 15.3. The fraction of sp³-hybridized carbons (Fsp3) is 0.850. The number of nitrogens with zero attached hydrogens (tertiary/aromatic N) is 4. The first-order valence-corrected chi connectivity index (χ1v) is 10.5. The predicted octanol–water partition coefficient (Wildman–Crippen LogP) is 2.23. The SMILES string of the molecule is CC1CCN(C2CNCCC2CN2CCC(n3cccn3)CC2)CC1. The van der Waals surface area contributed by atoms with E-state index in [0.717, 1.165) is 17.9 Å². The van der Waals surface area contributed by atoms with Crippen LogP contribution in [-0.4, -0.2) is 71.4 Å². The molecule has 1 aromatic heterocycles. The second-order valence-electron chi connectivity index (χ2n) is 8.56. The van der Waals surface area contributed by atoms with Crippen LogP contribution < -0.4 is 5.32 Å². The van der Waals surface area contributed by atoms with Gasteiger partial charge >= 0.3 is 0 Å². The molecule has 0 spiro atoms. The molecular weight excluding hydrogens is 310 g/mol. The van der Waals surface area contributed by atoms with Gasteiger partial charge in [-0.2, -0.15) is 5.10 Å². The Kier molecular flexibility index (Phi) is 5.73. The summed E-state index contributed by atoms with van der Waals surface area (Å²) in [5, 5.41) is 8.11. The largest absolute Gasteiger partial charge is 0.315 e. The summed E-state index contributed by atoms with van der Waals surface area (Å²) in [5.41, 5.74) is 0. The third kappa shape index (κ3) is 4.26.